The maximum absolute atomic E-state index is 11.7. The van der Waals surface area contributed by atoms with E-state index in [0.29, 0.717) is 18.7 Å². The van der Waals surface area contributed by atoms with Crippen LogP contribution < -0.4 is 0 Å². The van der Waals surface area contributed by atoms with Crippen LogP contribution in [0.2, 0.25) is 0 Å². The van der Waals surface area contributed by atoms with Crippen molar-refractivity contribution in [3.05, 3.63) is 21.9 Å². The van der Waals surface area contributed by atoms with Gasteiger partial charge in [0.25, 0.3) is 0 Å². The Labute approximate surface area is 116 Å². The monoisotopic (exact) mass is 310 g/mol. The average Bonchev–Trinajstić information content (AvgIpc) is 2.84. The minimum atomic E-state index is -3.23. The summed E-state index contributed by atoms with van der Waals surface area (Å²) in [5, 5.41) is 0. The van der Waals surface area contributed by atoms with Crippen molar-refractivity contribution in [2.75, 3.05) is 20.4 Å². The normalized spacial score (nSPS) is 11.7. The van der Waals surface area contributed by atoms with Gasteiger partial charge in [0.15, 0.2) is 0 Å². The van der Waals surface area contributed by atoms with Gasteiger partial charge < -0.3 is 9.05 Å². The summed E-state index contributed by atoms with van der Waals surface area (Å²) >= 11 is 7.29. The van der Waals surface area contributed by atoms with E-state index in [1.807, 2.05) is 12.1 Å². The highest BCUT2D eigenvalue weighted by atomic mass is 35.5. The number of aryl methyl sites for hydroxylation is 1. The van der Waals surface area contributed by atoms with E-state index in [2.05, 4.69) is 0 Å². The zero-order chi connectivity index (χ0) is 13.6. The van der Waals surface area contributed by atoms with Crippen LogP contribution in [0.4, 0.5) is 0 Å². The lowest BCUT2D eigenvalue weighted by molar-refractivity contribution is -0.116. The van der Waals surface area contributed by atoms with E-state index in [1.165, 1.54) is 14.2 Å². The lowest BCUT2D eigenvalue weighted by Gasteiger charge is -2.12. The number of carbonyl (C=O) groups is 1. The molecule has 0 atom stereocenters. The Kier molecular flexibility index (Phi) is 6.53. The van der Waals surface area contributed by atoms with Crippen molar-refractivity contribution >= 4 is 36.3 Å². The Morgan fingerprint density at radius 1 is 1.33 bits per heavy atom. The predicted molar refractivity (Wildman–Crippen MR) is 73.7 cm³/mol. The van der Waals surface area contributed by atoms with E-state index in [-0.39, 0.29) is 11.9 Å². The van der Waals surface area contributed by atoms with Gasteiger partial charge in [-0.05, 0) is 18.6 Å². The Balaban J connectivity index is 2.44. The van der Waals surface area contributed by atoms with Gasteiger partial charge >= 0.3 is 7.60 Å². The van der Waals surface area contributed by atoms with Crippen LogP contribution in [-0.4, -0.2) is 26.2 Å². The van der Waals surface area contributed by atoms with Gasteiger partial charge in [-0.15, -0.1) is 22.9 Å². The van der Waals surface area contributed by atoms with Gasteiger partial charge in [0.2, 0.25) is 0 Å². The molecule has 1 heterocycles. The summed E-state index contributed by atoms with van der Waals surface area (Å²) in [4.78, 5) is 13.9. The van der Waals surface area contributed by atoms with Crippen LogP contribution in [0, 0.1) is 0 Å². The van der Waals surface area contributed by atoms with E-state index in [9.17, 15) is 9.36 Å². The van der Waals surface area contributed by atoms with Crippen molar-refractivity contribution in [1.82, 2.24) is 0 Å². The SMILES string of the molecule is COP(=O)(CC(=O)CCc1ccc(CCl)s1)OC. The molecule has 4 nitrogen and oxygen atoms in total. The summed E-state index contributed by atoms with van der Waals surface area (Å²) in [6, 6.07) is 3.91. The van der Waals surface area contributed by atoms with Crippen LogP contribution >= 0.6 is 30.5 Å². The highest BCUT2D eigenvalue weighted by molar-refractivity contribution is 7.54. The summed E-state index contributed by atoms with van der Waals surface area (Å²) in [5.41, 5.74) is 0. The van der Waals surface area contributed by atoms with Crippen molar-refractivity contribution in [3.8, 4) is 0 Å². The molecule has 102 valence electrons. The molecule has 0 aromatic carbocycles. The fraction of sp³-hybridized carbons (Fsp3) is 0.545. The van der Waals surface area contributed by atoms with Crippen LogP contribution in [0.3, 0.4) is 0 Å². The van der Waals surface area contributed by atoms with Crippen molar-refractivity contribution < 1.29 is 18.4 Å². The number of thiophene rings is 1. The van der Waals surface area contributed by atoms with Gasteiger partial charge in [-0.25, -0.2) is 0 Å². The van der Waals surface area contributed by atoms with Crippen LogP contribution in [0.15, 0.2) is 12.1 Å². The fourth-order valence-electron chi connectivity index (χ4n) is 1.39. The number of halogens is 1. The first kappa shape index (κ1) is 15.9. The molecule has 0 bridgehead atoms. The van der Waals surface area contributed by atoms with Gasteiger partial charge in [0, 0.05) is 30.4 Å². The minimum absolute atomic E-state index is 0.122. The molecule has 0 saturated carbocycles. The van der Waals surface area contributed by atoms with E-state index < -0.39 is 7.60 Å². The third kappa shape index (κ3) is 4.82. The average molecular weight is 311 g/mol. The summed E-state index contributed by atoms with van der Waals surface area (Å²) < 4.78 is 21.2. The molecule has 0 aliphatic heterocycles. The zero-order valence-electron chi connectivity index (χ0n) is 10.3. The van der Waals surface area contributed by atoms with Crippen molar-refractivity contribution in [2.24, 2.45) is 0 Å². The number of Topliss-reactive ketones (excluding diaryl/α,β-unsaturated/α-hetero) is 1. The fourth-order valence-corrected chi connectivity index (χ4v) is 3.51. The molecular weight excluding hydrogens is 295 g/mol. The third-order valence-electron chi connectivity index (χ3n) is 2.43. The number of hydrogen-bond acceptors (Lipinski definition) is 5. The summed E-state index contributed by atoms with van der Waals surface area (Å²) in [7, 11) is -0.664. The summed E-state index contributed by atoms with van der Waals surface area (Å²) in [6.07, 6.45) is 0.792. The number of ketones is 1. The molecule has 0 amide bonds. The smallest absolute Gasteiger partial charge is 0.312 e. The molecule has 0 unspecified atom stereocenters. The second kappa shape index (κ2) is 7.41. The quantitative estimate of drug-likeness (QED) is 0.545. The first-order valence-corrected chi connectivity index (χ1v) is 8.46. The van der Waals surface area contributed by atoms with E-state index in [4.69, 9.17) is 20.6 Å². The minimum Gasteiger partial charge on any atom is -0.312 e. The number of alkyl halides is 1. The molecule has 1 aromatic heterocycles. The molecule has 0 spiro atoms. The molecule has 7 heteroatoms. The third-order valence-corrected chi connectivity index (χ3v) is 5.87. The largest absolute Gasteiger partial charge is 0.337 e. The molecule has 0 saturated heterocycles. The maximum Gasteiger partial charge on any atom is 0.337 e. The maximum atomic E-state index is 11.7. The van der Waals surface area contributed by atoms with Gasteiger partial charge in [-0.1, -0.05) is 0 Å². The molecule has 0 N–H and O–H groups in total. The lowest BCUT2D eigenvalue weighted by Crippen LogP contribution is -2.08. The Hall–Kier alpha value is -0.190. The molecule has 0 aliphatic rings. The molecule has 0 fully saturated rings. The Bertz CT molecular complexity index is 438. The number of hydrogen-bond donors (Lipinski definition) is 0. The van der Waals surface area contributed by atoms with Gasteiger partial charge in [-0.2, -0.15) is 0 Å². The van der Waals surface area contributed by atoms with E-state index in [1.54, 1.807) is 11.3 Å². The number of carbonyl (C=O) groups excluding carboxylic acids is 1. The molecule has 1 rings (SSSR count). The first-order chi connectivity index (χ1) is 8.53. The second-order valence-electron chi connectivity index (χ2n) is 3.67. The van der Waals surface area contributed by atoms with Gasteiger partial charge in [0.05, 0.1) is 5.88 Å². The highest BCUT2D eigenvalue weighted by Crippen LogP contribution is 2.46. The molecule has 0 aliphatic carbocycles. The molecule has 18 heavy (non-hydrogen) atoms. The van der Waals surface area contributed by atoms with Crippen LogP contribution in [0.1, 0.15) is 16.2 Å². The molecule has 1 aromatic rings. The van der Waals surface area contributed by atoms with E-state index in [0.717, 1.165) is 9.75 Å². The molecule has 0 radical (unpaired) electrons. The second-order valence-corrected chi connectivity index (χ2v) is 7.46. The summed E-state index contributed by atoms with van der Waals surface area (Å²) in [6.45, 7) is 0. The first-order valence-electron chi connectivity index (χ1n) is 5.38. The van der Waals surface area contributed by atoms with Crippen LogP contribution in [0.25, 0.3) is 0 Å². The van der Waals surface area contributed by atoms with Gasteiger partial charge in [-0.3, -0.25) is 9.36 Å². The zero-order valence-corrected chi connectivity index (χ0v) is 12.8. The van der Waals surface area contributed by atoms with E-state index >= 15 is 0 Å². The van der Waals surface area contributed by atoms with Crippen LogP contribution in [-0.2, 0) is 30.7 Å². The van der Waals surface area contributed by atoms with Crippen LogP contribution in [0.5, 0.6) is 0 Å². The van der Waals surface area contributed by atoms with Crippen molar-refractivity contribution in [3.63, 3.8) is 0 Å². The highest BCUT2D eigenvalue weighted by Gasteiger charge is 2.25. The molecular formula is C11H16ClO4PS. The van der Waals surface area contributed by atoms with Crippen molar-refractivity contribution in [2.45, 2.75) is 18.7 Å². The number of rotatable bonds is 8. The standard InChI is InChI=1S/C11H16ClO4PS/c1-15-17(14,16-2)8-9(13)3-4-10-5-6-11(7-12)18-10/h5-6H,3-4,7-8H2,1-2H3. The summed E-state index contributed by atoms with van der Waals surface area (Å²) in [5.74, 6) is 0.365. The topological polar surface area (TPSA) is 52.6 Å². The Morgan fingerprint density at radius 3 is 2.44 bits per heavy atom. The predicted octanol–water partition coefficient (Wildman–Crippen LogP) is 3.47. The van der Waals surface area contributed by atoms with Crippen molar-refractivity contribution in [1.29, 1.82) is 0 Å². The van der Waals surface area contributed by atoms with Gasteiger partial charge in [0.1, 0.15) is 11.9 Å². The Morgan fingerprint density at radius 2 is 1.94 bits per heavy atom. The lowest BCUT2D eigenvalue weighted by atomic mass is 10.2.